The number of hydrogen-bond donors (Lipinski definition) is 1. The number of nitrogens with one attached hydrogen (secondary N) is 1. The van der Waals surface area contributed by atoms with E-state index in [1.165, 1.54) is 10.9 Å². The van der Waals surface area contributed by atoms with Gasteiger partial charge in [-0.25, -0.2) is 14.4 Å². The van der Waals surface area contributed by atoms with Crippen LogP contribution in [-0.4, -0.2) is 37.3 Å². The molecule has 0 saturated carbocycles. The molecule has 144 valence electrons. The molecule has 0 radical (unpaired) electrons. The molecule has 0 atom stereocenters. The van der Waals surface area contributed by atoms with E-state index < -0.39 is 28.9 Å². The Balaban J connectivity index is 1.65. The van der Waals surface area contributed by atoms with Crippen molar-refractivity contribution in [2.24, 2.45) is 0 Å². The molecule has 3 aromatic rings. The zero-order chi connectivity index (χ0) is 19.9. The zero-order valence-electron chi connectivity index (χ0n) is 14.2. The van der Waals surface area contributed by atoms with E-state index in [0.29, 0.717) is 24.8 Å². The lowest BCUT2D eigenvalue weighted by Gasteiger charge is -2.13. The largest absolute Gasteiger partial charge is 0.419 e. The number of ketones is 1. The van der Waals surface area contributed by atoms with Crippen molar-refractivity contribution in [3.05, 3.63) is 64.6 Å². The molecule has 0 fully saturated rings. The minimum Gasteiger partial charge on any atom is -0.311 e. The van der Waals surface area contributed by atoms with E-state index in [0.717, 1.165) is 36.3 Å². The van der Waals surface area contributed by atoms with Crippen LogP contribution in [0.1, 0.15) is 33.0 Å². The van der Waals surface area contributed by atoms with Crippen molar-refractivity contribution in [3.63, 3.8) is 0 Å². The first-order valence-corrected chi connectivity index (χ1v) is 8.23. The Labute approximate surface area is 155 Å². The molecule has 2 aromatic heterocycles. The quantitative estimate of drug-likeness (QED) is 0.543. The molecule has 11 heteroatoms. The number of benzene rings is 1. The summed E-state index contributed by atoms with van der Waals surface area (Å²) in [6, 6.07) is 2.52. The van der Waals surface area contributed by atoms with E-state index in [1.54, 1.807) is 0 Å². The van der Waals surface area contributed by atoms with Gasteiger partial charge >= 0.3 is 6.18 Å². The molecule has 1 aliphatic heterocycles. The van der Waals surface area contributed by atoms with E-state index in [9.17, 15) is 22.4 Å². The minimum absolute atomic E-state index is 0.280. The van der Waals surface area contributed by atoms with E-state index in [1.807, 2.05) is 0 Å². The summed E-state index contributed by atoms with van der Waals surface area (Å²) in [4.78, 5) is 20.4. The second-order valence-electron chi connectivity index (χ2n) is 6.08. The van der Waals surface area contributed by atoms with Gasteiger partial charge in [-0.3, -0.25) is 4.79 Å². The Kier molecular flexibility index (Phi) is 4.38. The monoisotopic (exact) mass is 392 g/mol. The number of alkyl halides is 3. The van der Waals surface area contributed by atoms with Gasteiger partial charge in [0.15, 0.2) is 5.82 Å². The van der Waals surface area contributed by atoms with E-state index >= 15 is 0 Å². The highest BCUT2D eigenvalue weighted by Gasteiger charge is 2.36. The molecular formula is C17H12F4N6O. The first kappa shape index (κ1) is 18.2. The minimum atomic E-state index is -4.91. The van der Waals surface area contributed by atoms with Crippen molar-refractivity contribution in [3.8, 4) is 5.82 Å². The smallest absolute Gasteiger partial charge is 0.311 e. The van der Waals surface area contributed by atoms with Crippen LogP contribution in [0, 0.1) is 5.82 Å². The summed E-state index contributed by atoms with van der Waals surface area (Å²) in [7, 11) is 0. The molecule has 7 nitrogen and oxygen atoms in total. The van der Waals surface area contributed by atoms with Gasteiger partial charge in [0.05, 0.1) is 29.2 Å². The molecule has 1 aliphatic rings. The fraction of sp³-hybridized carbons (Fsp3) is 0.235. The summed E-state index contributed by atoms with van der Waals surface area (Å²) >= 11 is 0. The second-order valence-corrected chi connectivity index (χ2v) is 6.08. The lowest BCUT2D eigenvalue weighted by molar-refractivity contribution is -0.140. The lowest BCUT2D eigenvalue weighted by Crippen LogP contribution is -2.25. The number of carbonyl (C=O) groups excluding carboxylic acids is 1. The van der Waals surface area contributed by atoms with Gasteiger partial charge in [0.1, 0.15) is 17.2 Å². The summed E-state index contributed by atoms with van der Waals surface area (Å²) in [6.07, 6.45) is -1.90. The highest BCUT2D eigenvalue weighted by molar-refractivity contribution is 6.07. The summed E-state index contributed by atoms with van der Waals surface area (Å²) in [6.45, 7) is 1.33. The first-order valence-electron chi connectivity index (χ1n) is 8.23. The molecule has 1 aromatic carbocycles. The lowest BCUT2D eigenvalue weighted by atomic mass is 10.0. The number of aromatic nitrogens is 5. The van der Waals surface area contributed by atoms with Gasteiger partial charge in [0.2, 0.25) is 5.78 Å². The van der Waals surface area contributed by atoms with Gasteiger partial charge in [-0.1, -0.05) is 11.3 Å². The molecule has 3 heterocycles. The molecule has 0 saturated heterocycles. The van der Waals surface area contributed by atoms with Gasteiger partial charge in [-0.2, -0.15) is 17.9 Å². The number of rotatable bonds is 3. The fourth-order valence-corrected chi connectivity index (χ4v) is 2.93. The van der Waals surface area contributed by atoms with Gasteiger partial charge in [-0.15, -0.1) is 5.10 Å². The van der Waals surface area contributed by atoms with Gasteiger partial charge in [-0.05, 0) is 12.1 Å². The summed E-state index contributed by atoms with van der Waals surface area (Å²) in [5.41, 5.74) is -0.875. The number of fused-ring (bicyclic) bond motifs is 1. The van der Waals surface area contributed by atoms with Crippen molar-refractivity contribution in [1.29, 1.82) is 0 Å². The zero-order valence-corrected chi connectivity index (χ0v) is 14.2. The van der Waals surface area contributed by atoms with Crippen LogP contribution >= 0.6 is 0 Å². The van der Waals surface area contributed by atoms with Gasteiger partial charge < -0.3 is 5.32 Å². The SMILES string of the molecule is O=C(c1cnc(-n2nnc3c2CCNC3)cn1)c1cccc(C(F)(F)F)c1F. The van der Waals surface area contributed by atoms with Gasteiger partial charge in [0.25, 0.3) is 0 Å². The fourth-order valence-electron chi connectivity index (χ4n) is 2.93. The Morgan fingerprint density at radius 2 is 2.00 bits per heavy atom. The molecule has 0 spiro atoms. The predicted molar refractivity (Wildman–Crippen MR) is 87.2 cm³/mol. The third kappa shape index (κ3) is 3.13. The van der Waals surface area contributed by atoms with Crippen molar-refractivity contribution < 1.29 is 22.4 Å². The maximum absolute atomic E-state index is 14.2. The molecule has 4 rings (SSSR count). The predicted octanol–water partition coefficient (Wildman–Crippen LogP) is 2.09. The highest BCUT2D eigenvalue weighted by atomic mass is 19.4. The van der Waals surface area contributed by atoms with Crippen molar-refractivity contribution in [2.45, 2.75) is 19.1 Å². The molecule has 0 unspecified atom stereocenters. The van der Waals surface area contributed by atoms with Crippen LogP contribution in [-0.2, 0) is 19.1 Å². The van der Waals surface area contributed by atoms with Gasteiger partial charge in [0, 0.05) is 19.5 Å². The van der Waals surface area contributed by atoms with Crippen LogP contribution in [0.25, 0.3) is 5.82 Å². The topological polar surface area (TPSA) is 85.6 Å². The molecule has 28 heavy (non-hydrogen) atoms. The maximum Gasteiger partial charge on any atom is 0.419 e. The normalized spacial score (nSPS) is 14.0. The van der Waals surface area contributed by atoms with Crippen LogP contribution in [0.4, 0.5) is 17.6 Å². The second kappa shape index (κ2) is 6.75. The summed E-state index contributed by atoms with van der Waals surface area (Å²) in [5, 5.41) is 11.2. The molecule has 1 N–H and O–H groups in total. The average molecular weight is 392 g/mol. The number of hydrogen-bond acceptors (Lipinski definition) is 6. The van der Waals surface area contributed by atoms with Crippen molar-refractivity contribution >= 4 is 5.78 Å². The third-order valence-electron chi connectivity index (χ3n) is 4.31. The number of halogens is 4. The molecule has 0 aliphatic carbocycles. The van der Waals surface area contributed by atoms with E-state index in [2.05, 4.69) is 25.6 Å². The standard InChI is InChI=1S/C17H12F4N6O/c18-15-9(2-1-3-10(15)17(19,20)21)16(28)12-7-24-14(8-23-12)27-13-4-5-22-6-11(13)25-26-27/h1-3,7-8,22H,4-6H2. The van der Waals surface area contributed by atoms with E-state index in [4.69, 9.17) is 0 Å². The number of nitrogens with zero attached hydrogens (tertiary/aromatic N) is 5. The maximum atomic E-state index is 14.2. The van der Waals surface area contributed by atoms with Crippen molar-refractivity contribution in [2.75, 3.05) is 6.54 Å². The average Bonchev–Trinajstić information content (AvgIpc) is 3.11. The van der Waals surface area contributed by atoms with Crippen LogP contribution in [0.5, 0.6) is 0 Å². The highest BCUT2D eigenvalue weighted by Crippen LogP contribution is 2.32. The Hall–Kier alpha value is -3.21. The Morgan fingerprint density at radius 3 is 2.71 bits per heavy atom. The molecular weight excluding hydrogens is 380 g/mol. The van der Waals surface area contributed by atoms with Crippen LogP contribution in [0.2, 0.25) is 0 Å². The first-order chi connectivity index (χ1) is 13.4. The number of carbonyl (C=O) groups is 1. The third-order valence-corrected chi connectivity index (χ3v) is 4.31. The molecule has 0 amide bonds. The summed E-state index contributed by atoms with van der Waals surface area (Å²) in [5.74, 6) is -2.33. The van der Waals surface area contributed by atoms with Crippen LogP contribution in [0.3, 0.4) is 0 Å². The van der Waals surface area contributed by atoms with Crippen LogP contribution < -0.4 is 5.32 Å². The van der Waals surface area contributed by atoms with Crippen molar-refractivity contribution in [1.82, 2.24) is 30.3 Å². The Bertz CT molecular complexity index is 1040. The Morgan fingerprint density at radius 1 is 1.18 bits per heavy atom. The molecule has 0 bridgehead atoms. The van der Waals surface area contributed by atoms with E-state index in [-0.39, 0.29) is 5.69 Å². The summed E-state index contributed by atoms with van der Waals surface area (Å²) < 4.78 is 54.2. The van der Waals surface area contributed by atoms with Crippen LogP contribution in [0.15, 0.2) is 30.6 Å².